The molecule has 0 atom stereocenters. The third-order valence-corrected chi connectivity index (χ3v) is 7.16. The van der Waals surface area contributed by atoms with Gasteiger partial charge in [-0.2, -0.15) is 5.10 Å². The van der Waals surface area contributed by atoms with Crippen LogP contribution in [-0.4, -0.2) is 70.5 Å². The Morgan fingerprint density at radius 2 is 1.85 bits per heavy atom. The van der Waals surface area contributed by atoms with Crippen LogP contribution in [0.25, 0.3) is 22.3 Å². The fourth-order valence-electron chi connectivity index (χ4n) is 4.34. The number of benzene rings is 1. The monoisotopic (exact) mass is 551 g/mol. The second-order valence-corrected chi connectivity index (χ2v) is 11.2. The molecule has 0 unspecified atom stereocenters. The van der Waals surface area contributed by atoms with Gasteiger partial charge in [-0.1, -0.05) is 0 Å². The number of pyridine rings is 2. The standard InChI is InChI=1S/C27H33N7O4S/c1-6-34-18(3)19(15-29-34)16-33(4)27(36)22-14-26(32-24-8-7-20(35)13-21(22)24)25-10-9-23(17(2)31-25)28-11-12-30-39(5,37)38/h7-10,13-15,28,30,35H,6,11-12,16H2,1-5H3. The maximum absolute atomic E-state index is 13.7. The van der Waals surface area contributed by atoms with Crippen molar-refractivity contribution in [2.24, 2.45) is 0 Å². The molecule has 39 heavy (non-hydrogen) atoms. The van der Waals surface area contributed by atoms with E-state index in [0.29, 0.717) is 46.6 Å². The minimum Gasteiger partial charge on any atom is -0.508 e. The SMILES string of the molecule is CCn1ncc(CN(C)C(=O)c2cc(-c3ccc(NCCNS(C)(=O)=O)c(C)n3)nc3ccc(O)cc23)c1C. The summed E-state index contributed by atoms with van der Waals surface area (Å²) in [6.45, 7) is 7.62. The highest BCUT2D eigenvalue weighted by Gasteiger charge is 2.20. The van der Waals surface area contributed by atoms with E-state index in [1.165, 1.54) is 6.07 Å². The summed E-state index contributed by atoms with van der Waals surface area (Å²) in [4.78, 5) is 24.7. The van der Waals surface area contributed by atoms with Gasteiger partial charge in [0, 0.05) is 49.9 Å². The molecule has 3 aromatic heterocycles. The van der Waals surface area contributed by atoms with Crippen molar-refractivity contribution < 1.29 is 18.3 Å². The van der Waals surface area contributed by atoms with Crippen molar-refractivity contribution in [2.45, 2.75) is 33.9 Å². The first-order valence-corrected chi connectivity index (χ1v) is 14.4. The summed E-state index contributed by atoms with van der Waals surface area (Å²) in [5.74, 6) is -0.171. The Kier molecular flexibility index (Phi) is 8.17. The number of sulfonamides is 1. The zero-order valence-electron chi connectivity index (χ0n) is 22.7. The molecular weight excluding hydrogens is 518 g/mol. The zero-order valence-corrected chi connectivity index (χ0v) is 23.5. The minimum absolute atomic E-state index is 0.0450. The van der Waals surface area contributed by atoms with E-state index in [9.17, 15) is 18.3 Å². The van der Waals surface area contributed by atoms with Crippen LogP contribution >= 0.6 is 0 Å². The summed E-state index contributed by atoms with van der Waals surface area (Å²) in [5, 5.41) is 18.2. The van der Waals surface area contributed by atoms with Gasteiger partial charge in [0.05, 0.1) is 46.3 Å². The number of nitrogens with zero attached hydrogens (tertiary/aromatic N) is 5. The van der Waals surface area contributed by atoms with Gasteiger partial charge in [0.2, 0.25) is 10.0 Å². The topological polar surface area (TPSA) is 142 Å². The Hall–Kier alpha value is -4.03. The van der Waals surface area contributed by atoms with Gasteiger partial charge >= 0.3 is 0 Å². The van der Waals surface area contributed by atoms with Crippen molar-refractivity contribution in [3.8, 4) is 17.1 Å². The number of nitrogens with one attached hydrogen (secondary N) is 2. The molecule has 0 spiro atoms. The quantitative estimate of drug-likeness (QED) is 0.255. The van der Waals surface area contributed by atoms with E-state index in [1.54, 1.807) is 42.4 Å². The van der Waals surface area contributed by atoms with Crippen LogP contribution in [0.3, 0.4) is 0 Å². The van der Waals surface area contributed by atoms with Crippen LogP contribution in [0.5, 0.6) is 5.75 Å². The Morgan fingerprint density at radius 3 is 2.51 bits per heavy atom. The number of rotatable bonds is 10. The molecule has 12 heteroatoms. The maximum atomic E-state index is 13.7. The van der Waals surface area contributed by atoms with E-state index in [1.807, 2.05) is 31.5 Å². The van der Waals surface area contributed by atoms with Crippen molar-refractivity contribution >= 4 is 32.5 Å². The highest BCUT2D eigenvalue weighted by atomic mass is 32.2. The van der Waals surface area contributed by atoms with E-state index in [0.717, 1.165) is 29.7 Å². The highest BCUT2D eigenvalue weighted by molar-refractivity contribution is 7.88. The first kappa shape index (κ1) is 28.0. The lowest BCUT2D eigenvalue weighted by Gasteiger charge is -2.19. The van der Waals surface area contributed by atoms with Gasteiger partial charge in [-0.05, 0) is 57.2 Å². The van der Waals surface area contributed by atoms with Gasteiger partial charge in [0.1, 0.15) is 5.75 Å². The van der Waals surface area contributed by atoms with Gasteiger partial charge < -0.3 is 15.3 Å². The lowest BCUT2D eigenvalue weighted by atomic mass is 10.0. The Labute approximate surface area is 227 Å². The Morgan fingerprint density at radius 1 is 1.08 bits per heavy atom. The van der Waals surface area contributed by atoms with Gasteiger partial charge in [-0.3, -0.25) is 9.48 Å². The largest absolute Gasteiger partial charge is 0.508 e. The number of hydrogen-bond acceptors (Lipinski definition) is 8. The highest BCUT2D eigenvalue weighted by Crippen LogP contribution is 2.29. The molecule has 0 fully saturated rings. The molecule has 1 aromatic carbocycles. The lowest BCUT2D eigenvalue weighted by Crippen LogP contribution is -2.27. The molecule has 11 nitrogen and oxygen atoms in total. The lowest BCUT2D eigenvalue weighted by molar-refractivity contribution is 0.0787. The molecule has 4 rings (SSSR count). The zero-order chi connectivity index (χ0) is 28.3. The van der Waals surface area contributed by atoms with E-state index in [4.69, 9.17) is 4.98 Å². The van der Waals surface area contributed by atoms with Crippen molar-refractivity contribution in [3.63, 3.8) is 0 Å². The van der Waals surface area contributed by atoms with Crippen LogP contribution in [-0.2, 0) is 23.1 Å². The Balaban J connectivity index is 1.64. The molecule has 1 amide bonds. The van der Waals surface area contributed by atoms with Crippen LogP contribution in [0.4, 0.5) is 5.69 Å². The molecule has 0 aliphatic rings. The number of fused-ring (bicyclic) bond motifs is 1. The molecule has 0 saturated carbocycles. The molecule has 0 radical (unpaired) electrons. The number of phenols is 1. The average Bonchev–Trinajstić information content (AvgIpc) is 3.24. The summed E-state index contributed by atoms with van der Waals surface area (Å²) in [5.41, 5.74) is 5.50. The number of aryl methyl sites for hydroxylation is 2. The summed E-state index contributed by atoms with van der Waals surface area (Å²) in [7, 11) is -1.52. The van der Waals surface area contributed by atoms with E-state index < -0.39 is 10.0 Å². The van der Waals surface area contributed by atoms with Gasteiger partial charge in [-0.15, -0.1) is 0 Å². The maximum Gasteiger partial charge on any atom is 0.254 e. The smallest absolute Gasteiger partial charge is 0.254 e. The van der Waals surface area contributed by atoms with Crippen LogP contribution in [0.15, 0.2) is 42.6 Å². The molecule has 4 aromatic rings. The normalized spacial score (nSPS) is 11.6. The fourth-order valence-corrected chi connectivity index (χ4v) is 4.81. The third kappa shape index (κ3) is 6.52. The summed E-state index contributed by atoms with van der Waals surface area (Å²) in [6.07, 6.45) is 2.90. The number of anilines is 1. The van der Waals surface area contributed by atoms with Crippen LogP contribution in [0, 0.1) is 13.8 Å². The number of hydrogen-bond donors (Lipinski definition) is 3. The number of carbonyl (C=O) groups excluding carboxylic acids is 1. The fraction of sp³-hybridized carbons (Fsp3) is 0.333. The van der Waals surface area contributed by atoms with E-state index >= 15 is 0 Å². The van der Waals surface area contributed by atoms with E-state index in [-0.39, 0.29) is 18.2 Å². The summed E-state index contributed by atoms with van der Waals surface area (Å²) in [6, 6.07) is 10.1. The predicted octanol–water partition coefficient (Wildman–Crippen LogP) is 3.07. The van der Waals surface area contributed by atoms with Crippen molar-refractivity contribution in [1.29, 1.82) is 0 Å². The molecule has 3 heterocycles. The first-order valence-electron chi connectivity index (χ1n) is 12.5. The van der Waals surface area contributed by atoms with E-state index in [2.05, 4.69) is 20.1 Å². The van der Waals surface area contributed by atoms with Gasteiger partial charge in [0.15, 0.2) is 0 Å². The third-order valence-electron chi connectivity index (χ3n) is 6.43. The average molecular weight is 552 g/mol. The van der Waals surface area contributed by atoms with Crippen molar-refractivity contribution in [3.05, 3.63) is 65.1 Å². The van der Waals surface area contributed by atoms with Crippen molar-refractivity contribution in [2.75, 3.05) is 31.7 Å². The van der Waals surface area contributed by atoms with Gasteiger partial charge in [0.25, 0.3) is 5.91 Å². The minimum atomic E-state index is -3.25. The second-order valence-electron chi connectivity index (χ2n) is 9.41. The molecule has 0 bridgehead atoms. The second kappa shape index (κ2) is 11.4. The molecule has 3 N–H and O–H groups in total. The van der Waals surface area contributed by atoms with Gasteiger partial charge in [-0.25, -0.2) is 23.1 Å². The Bertz CT molecular complexity index is 1630. The number of phenolic OH excluding ortho intramolecular Hbond substituents is 1. The molecule has 0 saturated heterocycles. The summed E-state index contributed by atoms with van der Waals surface area (Å²) >= 11 is 0. The number of carbonyl (C=O) groups is 1. The number of aromatic nitrogens is 4. The first-order chi connectivity index (χ1) is 18.5. The summed E-state index contributed by atoms with van der Waals surface area (Å²) < 4.78 is 26.8. The predicted molar refractivity (Wildman–Crippen MR) is 151 cm³/mol. The number of amides is 1. The number of aromatic hydroxyl groups is 1. The molecule has 0 aliphatic heterocycles. The van der Waals surface area contributed by atoms with Crippen molar-refractivity contribution in [1.82, 2.24) is 29.4 Å². The van der Waals surface area contributed by atoms with Crippen LogP contribution in [0.1, 0.15) is 34.2 Å². The molecular formula is C27H33N7O4S. The molecule has 206 valence electrons. The van der Waals surface area contributed by atoms with Crippen LogP contribution in [0.2, 0.25) is 0 Å². The van der Waals surface area contributed by atoms with Crippen LogP contribution < -0.4 is 10.0 Å². The molecule has 0 aliphatic carbocycles.